The van der Waals surface area contributed by atoms with Gasteiger partial charge in [0, 0.05) is 12.5 Å². The molecule has 2 rings (SSSR count). The number of carbonyl (C=O) groups is 1. The van der Waals surface area contributed by atoms with Gasteiger partial charge in [-0.05, 0) is 30.7 Å². The first-order valence-electron chi connectivity index (χ1n) is 7.92. The third kappa shape index (κ3) is 4.80. The average molecular weight is 362 g/mol. The van der Waals surface area contributed by atoms with Gasteiger partial charge in [0.05, 0.1) is 17.7 Å². The maximum Gasteiger partial charge on any atom is 0.241 e. The van der Waals surface area contributed by atoms with E-state index in [2.05, 4.69) is 10.0 Å². The number of nitrogens with one attached hydrogen (secondary N) is 2. The number of rotatable bonds is 7. The molecule has 134 valence electrons. The Balaban J connectivity index is 2.29. The van der Waals surface area contributed by atoms with E-state index in [1.165, 1.54) is 25.3 Å². The average Bonchev–Trinajstić information content (AvgIpc) is 2.61. The molecule has 0 fully saturated rings. The molecule has 0 radical (unpaired) electrons. The van der Waals surface area contributed by atoms with E-state index in [1.54, 1.807) is 13.8 Å². The highest BCUT2D eigenvalue weighted by Crippen LogP contribution is 2.28. The van der Waals surface area contributed by atoms with Crippen molar-refractivity contribution in [2.24, 2.45) is 0 Å². The summed E-state index contributed by atoms with van der Waals surface area (Å²) >= 11 is 0. The second-order valence-electron chi connectivity index (χ2n) is 5.52. The minimum Gasteiger partial charge on any atom is -0.495 e. The van der Waals surface area contributed by atoms with Crippen molar-refractivity contribution in [3.05, 3.63) is 54.1 Å². The Morgan fingerprint density at radius 3 is 2.44 bits per heavy atom. The number of hydrogen-bond donors (Lipinski definition) is 2. The lowest BCUT2D eigenvalue weighted by Crippen LogP contribution is -2.27. The van der Waals surface area contributed by atoms with Crippen LogP contribution in [0.5, 0.6) is 5.75 Å². The minimum absolute atomic E-state index is 0.0579. The Hall–Kier alpha value is -2.38. The van der Waals surface area contributed by atoms with Crippen molar-refractivity contribution in [3.63, 3.8) is 0 Å². The van der Waals surface area contributed by atoms with Gasteiger partial charge in [0.1, 0.15) is 5.75 Å². The van der Waals surface area contributed by atoms with E-state index in [4.69, 9.17) is 4.74 Å². The Morgan fingerprint density at radius 2 is 1.84 bits per heavy atom. The lowest BCUT2D eigenvalue weighted by atomic mass is 10.1. The first-order valence-corrected chi connectivity index (χ1v) is 9.41. The molecule has 0 aliphatic heterocycles. The highest BCUT2D eigenvalue weighted by molar-refractivity contribution is 7.89. The standard InChI is InChI=1S/C18H22N2O4S/c1-4-18(21)19-16-12-15(10-11-17(16)24-3)25(22,23)20-13(2)14-8-6-5-7-9-14/h5-13,20H,4H2,1-3H3,(H,19,21)/t13-/m1/s1. The monoisotopic (exact) mass is 362 g/mol. The number of carbonyl (C=O) groups excluding carboxylic acids is 1. The van der Waals surface area contributed by atoms with Crippen molar-refractivity contribution >= 4 is 21.6 Å². The molecule has 0 aliphatic carbocycles. The Morgan fingerprint density at radius 1 is 1.16 bits per heavy atom. The van der Waals surface area contributed by atoms with Gasteiger partial charge < -0.3 is 10.1 Å². The van der Waals surface area contributed by atoms with Crippen molar-refractivity contribution in [2.45, 2.75) is 31.2 Å². The zero-order valence-corrected chi connectivity index (χ0v) is 15.3. The number of benzene rings is 2. The molecular weight excluding hydrogens is 340 g/mol. The van der Waals surface area contributed by atoms with Crippen LogP contribution < -0.4 is 14.8 Å². The van der Waals surface area contributed by atoms with Gasteiger partial charge in [-0.15, -0.1) is 0 Å². The number of sulfonamides is 1. The Bertz CT molecular complexity index is 835. The van der Waals surface area contributed by atoms with E-state index in [-0.39, 0.29) is 23.3 Å². The minimum atomic E-state index is -3.75. The van der Waals surface area contributed by atoms with Crippen molar-refractivity contribution in [1.82, 2.24) is 4.72 Å². The Kier molecular flexibility index (Phi) is 6.17. The molecule has 2 aromatic carbocycles. The second-order valence-corrected chi connectivity index (χ2v) is 7.23. The normalized spacial score (nSPS) is 12.4. The third-order valence-corrected chi connectivity index (χ3v) is 5.25. The van der Waals surface area contributed by atoms with Crippen molar-refractivity contribution in [3.8, 4) is 5.75 Å². The molecule has 0 aliphatic rings. The molecule has 0 saturated heterocycles. The smallest absolute Gasteiger partial charge is 0.241 e. The van der Waals surface area contributed by atoms with E-state index in [9.17, 15) is 13.2 Å². The highest BCUT2D eigenvalue weighted by Gasteiger charge is 2.20. The molecule has 0 heterocycles. The van der Waals surface area contributed by atoms with Crippen LogP contribution in [0.3, 0.4) is 0 Å². The van der Waals surface area contributed by atoms with Gasteiger partial charge in [-0.3, -0.25) is 4.79 Å². The maximum absolute atomic E-state index is 12.7. The van der Waals surface area contributed by atoms with Gasteiger partial charge in [-0.25, -0.2) is 13.1 Å². The van der Waals surface area contributed by atoms with Gasteiger partial charge in [-0.2, -0.15) is 0 Å². The fourth-order valence-electron chi connectivity index (χ4n) is 2.30. The van der Waals surface area contributed by atoms with Crippen LogP contribution in [-0.2, 0) is 14.8 Å². The van der Waals surface area contributed by atoms with E-state index in [0.29, 0.717) is 11.4 Å². The lowest BCUT2D eigenvalue weighted by Gasteiger charge is -2.16. The number of hydrogen-bond acceptors (Lipinski definition) is 4. The summed E-state index contributed by atoms with van der Waals surface area (Å²) in [4.78, 5) is 11.7. The number of methoxy groups -OCH3 is 1. The fourth-order valence-corrected chi connectivity index (χ4v) is 3.56. The van der Waals surface area contributed by atoms with E-state index in [0.717, 1.165) is 5.56 Å². The van der Waals surface area contributed by atoms with E-state index < -0.39 is 10.0 Å². The SMILES string of the molecule is CCC(=O)Nc1cc(S(=O)(=O)N[C@H](C)c2ccccc2)ccc1OC. The topological polar surface area (TPSA) is 84.5 Å². The second kappa shape index (κ2) is 8.13. The molecule has 1 atom stereocenters. The van der Waals surface area contributed by atoms with Crippen LogP contribution in [0.15, 0.2) is 53.4 Å². The van der Waals surface area contributed by atoms with Crippen LogP contribution in [0, 0.1) is 0 Å². The van der Waals surface area contributed by atoms with E-state index >= 15 is 0 Å². The van der Waals surface area contributed by atoms with Gasteiger partial charge in [0.25, 0.3) is 0 Å². The summed E-state index contributed by atoms with van der Waals surface area (Å²) in [6.45, 7) is 3.49. The molecule has 2 aromatic rings. The number of ether oxygens (including phenoxy) is 1. The molecule has 0 spiro atoms. The fraction of sp³-hybridized carbons (Fsp3) is 0.278. The van der Waals surface area contributed by atoms with Gasteiger partial charge >= 0.3 is 0 Å². The van der Waals surface area contributed by atoms with Crippen LogP contribution >= 0.6 is 0 Å². The van der Waals surface area contributed by atoms with Crippen LogP contribution in [0.1, 0.15) is 31.9 Å². The molecule has 0 aromatic heterocycles. The predicted octanol–water partition coefficient (Wildman–Crippen LogP) is 3.08. The first kappa shape index (κ1) is 19.0. The molecule has 0 saturated carbocycles. The van der Waals surface area contributed by atoms with Gasteiger partial charge in [0.15, 0.2) is 0 Å². The van der Waals surface area contributed by atoms with Crippen LogP contribution in [0.2, 0.25) is 0 Å². The van der Waals surface area contributed by atoms with Crippen molar-refractivity contribution in [1.29, 1.82) is 0 Å². The lowest BCUT2D eigenvalue weighted by molar-refractivity contribution is -0.115. The van der Waals surface area contributed by atoms with Crippen molar-refractivity contribution < 1.29 is 17.9 Å². The van der Waals surface area contributed by atoms with Crippen LogP contribution in [0.25, 0.3) is 0 Å². The van der Waals surface area contributed by atoms with Crippen LogP contribution in [-0.4, -0.2) is 21.4 Å². The largest absolute Gasteiger partial charge is 0.495 e. The van der Waals surface area contributed by atoms with Gasteiger partial charge in [-0.1, -0.05) is 37.3 Å². The summed E-state index contributed by atoms with van der Waals surface area (Å²) in [6, 6.07) is 13.3. The molecule has 1 amide bonds. The molecule has 0 bridgehead atoms. The summed E-state index contributed by atoms with van der Waals surface area (Å²) in [5.41, 5.74) is 1.18. The molecule has 25 heavy (non-hydrogen) atoms. The quantitative estimate of drug-likeness (QED) is 0.793. The molecule has 0 unspecified atom stereocenters. The highest BCUT2D eigenvalue weighted by atomic mass is 32.2. The summed E-state index contributed by atoms with van der Waals surface area (Å²) in [5.74, 6) is 0.176. The zero-order valence-electron chi connectivity index (χ0n) is 14.4. The predicted molar refractivity (Wildman–Crippen MR) is 97.1 cm³/mol. The van der Waals surface area contributed by atoms with Gasteiger partial charge in [0.2, 0.25) is 15.9 Å². The number of amides is 1. The number of anilines is 1. The molecule has 6 nitrogen and oxygen atoms in total. The summed E-state index contributed by atoms with van der Waals surface area (Å²) in [6.07, 6.45) is 0.281. The van der Waals surface area contributed by atoms with Crippen molar-refractivity contribution in [2.75, 3.05) is 12.4 Å². The van der Waals surface area contributed by atoms with E-state index in [1.807, 2.05) is 30.3 Å². The third-order valence-electron chi connectivity index (χ3n) is 3.71. The molecule has 7 heteroatoms. The first-order chi connectivity index (χ1) is 11.9. The summed E-state index contributed by atoms with van der Waals surface area (Å²) in [7, 11) is -2.30. The summed E-state index contributed by atoms with van der Waals surface area (Å²) in [5, 5.41) is 2.65. The molecule has 2 N–H and O–H groups in total. The van der Waals surface area contributed by atoms with Crippen LogP contribution in [0.4, 0.5) is 5.69 Å². The Labute approximate surface area is 148 Å². The zero-order chi connectivity index (χ0) is 18.4. The molecular formula is C18H22N2O4S. The summed E-state index contributed by atoms with van der Waals surface area (Å²) < 4.78 is 33.1. The maximum atomic E-state index is 12.7.